The molecule has 1 atom stereocenters. The van der Waals surface area contributed by atoms with Gasteiger partial charge in [0.1, 0.15) is 24.0 Å². The molecule has 0 bridgehead atoms. The Labute approximate surface area is 187 Å². The number of nitrogens with one attached hydrogen (secondary N) is 1. The van der Waals surface area contributed by atoms with E-state index in [0.29, 0.717) is 5.75 Å². The maximum Gasteiger partial charge on any atom is 0.408 e. The van der Waals surface area contributed by atoms with E-state index in [0.717, 1.165) is 11.1 Å². The molecule has 0 saturated carbocycles. The third-order valence-corrected chi connectivity index (χ3v) is 4.14. The number of hydrogen-bond donors (Lipinski definition) is 1. The summed E-state index contributed by atoms with van der Waals surface area (Å²) in [5.74, 6) is -0.595. The van der Waals surface area contributed by atoms with Crippen molar-refractivity contribution in [1.29, 1.82) is 0 Å². The van der Waals surface area contributed by atoms with Gasteiger partial charge in [0, 0.05) is 6.42 Å². The Morgan fingerprint density at radius 1 is 0.938 bits per heavy atom. The Kier molecular flexibility index (Phi) is 9.07. The standard InChI is InChI=1S/C24H29NO7/c1-24(2,3)32-23(28)25-20(22(27)29-4)14-17-10-12-19(13-11-17)30-16-21(26)31-15-18-8-6-5-7-9-18/h5-13,20H,14-16H2,1-4H3,(H,25,28)/t20-/m0/s1. The number of benzene rings is 2. The van der Waals surface area contributed by atoms with Crippen molar-refractivity contribution in [2.75, 3.05) is 13.7 Å². The van der Waals surface area contributed by atoms with Crippen LogP contribution in [0.15, 0.2) is 54.6 Å². The van der Waals surface area contributed by atoms with Crippen molar-refractivity contribution in [3.63, 3.8) is 0 Å². The zero-order chi connectivity index (χ0) is 23.6. The summed E-state index contributed by atoms with van der Waals surface area (Å²) in [5, 5.41) is 2.53. The lowest BCUT2D eigenvalue weighted by molar-refractivity contribution is -0.147. The molecule has 1 amide bonds. The van der Waals surface area contributed by atoms with Gasteiger partial charge >= 0.3 is 18.0 Å². The molecule has 32 heavy (non-hydrogen) atoms. The molecule has 0 radical (unpaired) electrons. The Bertz CT molecular complexity index is 889. The SMILES string of the molecule is COC(=O)[C@H](Cc1ccc(OCC(=O)OCc2ccccc2)cc1)NC(=O)OC(C)(C)C. The van der Waals surface area contributed by atoms with Crippen LogP contribution in [0.4, 0.5) is 4.79 Å². The molecule has 172 valence electrons. The van der Waals surface area contributed by atoms with Crippen molar-refractivity contribution in [2.24, 2.45) is 0 Å². The van der Waals surface area contributed by atoms with Gasteiger partial charge in [0.2, 0.25) is 0 Å². The van der Waals surface area contributed by atoms with Crippen LogP contribution in [0.2, 0.25) is 0 Å². The summed E-state index contributed by atoms with van der Waals surface area (Å²) in [6, 6.07) is 15.3. The van der Waals surface area contributed by atoms with Gasteiger partial charge in [-0.1, -0.05) is 42.5 Å². The molecule has 0 fully saturated rings. The first-order valence-electron chi connectivity index (χ1n) is 10.1. The van der Waals surface area contributed by atoms with Crippen molar-refractivity contribution in [3.8, 4) is 5.75 Å². The fraction of sp³-hybridized carbons (Fsp3) is 0.375. The zero-order valence-corrected chi connectivity index (χ0v) is 18.8. The Morgan fingerprint density at radius 3 is 2.19 bits per heavy atom. The van der Waals surface area contributed by atoms with Crippen LogP contribution >= 0.6 is 0 Å². The van der Waals surface area contributed by atoms with Crippen LogP contribution in [0.5, 0.6) is 5.75 Å². The number of carbonyl (C=O) groups is 3. The molecule has 2 rings (SSSR count). The summed E-state index contributed by atoms with van der Waals surface area (Å²) >= 11 is 0. The number of carbonyl (C=O) groups excluding carboxylic acids is 3. The quantitative estimate of drug-likeness (QED) is 0.468. The fourth-order valence-corrected chi connectivity index (χ4v) is 2.66. The molecule has 0 aliphatic heterocycles. The molecular weight excluding hydrogens is 414 g/mol. The van der Waals surface area contributed by atoms with Crippen LogP contribution in [0.3, 0.4) is 0 Å². The molecule has 8 nitrogen and oxygen atoms in total. The van der Waals surface area contributed by atoms with E-state index >= 15 is 0 Å². The molecule has 0 aliphatic carbocycles. The smallest absolute Gasteiger partial charge is 0.408 e. The molecule has 0 heterocycles. The van der Waals surface area contributed by atoms with Gasteiger partial charge in [-0.05, 0) is 44.0 Å². The van der Waals surface area contributed by atoms with Crippen molar-refractivity contribution < 1.29 is 33.3 Å². The van der Waals surface area contributed by atoms with E-state index < -0.39 is 29.7 Å². The Morgan fingerprint density at radius 2 is 1.59 bits per heavy atom. The third kappa shape index (κ3) is 9.07. The minimum absolute atomic E-state index is 0.182. The molecule has 0 aliphatic rings. The molecule has 0 aromatic heterocycles. The minimum atomic E-state index is -0.908. The van der Waals surface area contributed by atoms with Gasteiger partial charge in [-0.3, -0.25) is 0 Å². The number of amides is 1. The molecule has 2 aromatic carbocycles. The number of esters is 2. The van der Waals surface area contributed by atoms with Crippen molar-refractivity contribution in [2.45, 2.75) is 45.4 Å². The molecule has 1 N–H and O–H groups in total. The van der Waals surface area contributed by atoms with E-state index in [1.54, 1.807) is 45.0 Å². The lowest BCUT2D eigenvalue weighted by Crippen LogP contribution is -2.45. The van der Waals surface area contributed by atoms with Gasteiger partial charge in [-0.2, -0.15) is 0 Å². The number of rotatable bonds is 9. The predicted molar refractivity (Wildman–Crippen MR) is 117 cm³/mol. The first-order chi connectivity index (χ1) is 15.2. The van der Waals surface area contributed by atoms with E-state index in [2.05, 4.69) is 5.32 Å². The van der Waals surface area contributed by atoms with E-state index in [1.165, 1.54) is 7.11 Å². The van der Waals surface area contributed by atoms with Crippen molar-refractivity contribution >= 4 is 18.0 Å². The van der Waals surface area contributed by atoms with E-state index in [4.69, 9.17) is 18.9 Å². The van der Waals surface area contributed by atoms with E-state index in [9.17, 15) is 14.4 Å². The van der Waals surface area contributed by atoms with Gasteiger partial charge in [0.25, 0.3) is 0 Å². The second kappa shape index (κ2) is 11.7. The van der Waals surface area contributed by atoms with Crippen LogP contribution < -0.4 is 10.1 Å². The number of ether oxygens (including phenoxy) is 4. The average Bonchev–Trinajstić information content (AvgIpc) is 2.75. The van der Waals surface area contributed by atoms with Crippen LogP contribution in [0, 0.1) is 0 Å². The lowest BCUT2D eigenvalue weighted by atomic mass is 10.1. The summed E-state index contributed by atoms with van der Waals surface area (Å²) in [5.41, 5.74) is 0.965. The summed E-state index contributed by atoms with van der Waals surface area (Å²) in [4.78, 5) is 35.9. The lowest BCUT2D eigenvalue weighted by Gasteiger charge is -2.22. The maximum atomic E-state index is 12.1. The molecular formula is C24H29NO7. The van der Waals surface area contributed by atoms with Crippen molar-refractivity contribution in [3.05, 3.63) is 65.7 Å². The maximum absolute atomic E-state index is 12.1. The van der Waals surface area contributed by atoms with Crippen LogP contribution in [-0.4, -0.2) is 43.4 Å². The second-order valence-corrected chi connectivity index (χ2v) is 8.01. The highest BCUT2D eigenvalue weighted by Gasteiger charge is 2.25. The minimum Gasteiger partial charge on any atom is -0.482 e. The van der Waals surface area contributed by atoms with Crippen LogP contribution in [0.1, 0.15) is 31.9 Å². The average molecular weight is 443 g/mol. The molecule has 2 aromatic rings. The number of hydrogen-bond acceptors (Lipinski definition) is 7. The highest BCUT2D eigenvalue weighted by atomic mass is 16.6. The third-order valence-electron chi connectivity index (χ3n) is 4.14. The van der Waals surface area contributed by atoms with E-state index in [1.807, 2.05) is 30.3 Å². The summed E-state index contributed by atoms with van der Waals surface area (Å²) in [6.45, 7) is 5.15. The second-order valence-electron chi connectivity index (χ2n) is 8.01. The topological polar surface area (TPSA) is 100 Å². The normalized spacial score (nSPS) is 11.8. The van der Waals surface area contributed by atoms with Gasteiger partial charge in [-0.15, -0.1) is 0 Å². The zero-order valence-electron chi connectivity index (χ0n) is 18.8. The number of alkyl carbamates (subject to hydrolysis) is 1. The van der Waals surface area contributed by atoms with Crippen molar-refractivity contribution in [1.82, 2.24) is 5.32 Å². The van der Waals surface area contributed by atoms with Gasteiger partial charge < -0.3 is 24.3 Å². The molecule has 0 spiro atoms. The highest BCUT2D eigenvalue weighted by molar-refractivity contribution is 5.81. The highest BCUT2D eigenvalue weighted by Crippen LogP contribution is 2.15. The first kappa shape index (κ1) is 24.7. The predicted octanol–water partition coefficient (Wildman–Crippen LogP) is 3.42. The number of methoxy groups -OCH3 is 1. The largest absolute Gasteiger partial charge is 0.482 e. The summed E-state index contributed by atoms with van der Waals surface area (Å²) in [7, 11) is 1.25. The molecule has 0 saturated heterocycles. The van der Waals surface area contributed by atoms with E-state index in [-0.39, 0.29) is 19.6 Å². The van der Waals surface area contributed by atoms with Gasteiger partial charge in [-0.25, -0.2) is 14.4 Å². The van der Waals surface area contributed by atoms with Gasteiger partial charge in [0.15, 0.2) is 6.61 Å². The van der Waals surface area contributed by atoms with Crippen LogP contribution in [-0.2, 0) is 36.8 Å². The summed E-state index contributed by atoms with van der Waals surface area (Å²) in [6.07, 6.45) is -0.507. The molecule has 0 unspecified atom stereocenters. The Balaban J connectivity index is 1.85. The molecule has 8 heteroatoms. The Hall–Kier alpha value is -3.55. The van der Waals surface area contributed by atoms with Crippen LogP contribution in [0.25, 0.3) is 0 Å². The first-order valence-corrected chi connectivity index (χ1v) is 10.1. The fourth-order valence-electron chi connectivity index (χ4n) is 2.66. The summed E-state index contributed by atoms with van der Waals surface area (Å²) < 4.78 is 20.6. The monoisotopic (exact) mass is 443 g/mol. The van der Waals surface area contributed by atoms with Gasteiger partial charge in [0.05, 0.1) is 7.11 Å².